The summed E-state index contributed by atoms with van der Waals surface area (Å²) < 4.78 is 5.29. The third-order valence-corrected chi connectivity index (χ3v) is 8.39. The zero-order chi connectivity index (χ0) is 23.9. The molecule has 3 heteroatoms. The summed E-state index contributed by atoms with van der Waals surface area (Å²) in [5, 5.41) is 4.02. The molecule has 1 aromatic heterocycles. The predicted octanol–water partition coefficient (Wildman–Crippen LogP) is 6.69. The van der Waals surface area contributed by atoms with E-state index >= 15 is 0 Å². The molecule has 0 saturated heterocycles. The quantitative estimate of drug-likeness (QED) is 0.247. The highest BCUT2D eigenvalue weighted by atomic mass is 31.1. The first kappa shape index (κ1) is 22.8. The highest BCUT2D eigenvalue weighted by molar-refractivity contribution is 7.80. The Morgan fingerprint density at radius 3 is 1.91 bits per heavy atom. The monoisotopic (exact) mass is 471 g/mol. The zero-order valence-electron chi connectivity index (χ0n) is 19.6. The number of benzene rings is 4. The summed E-state index contributed by atoms with van der Waals surface area (Å²) in [6.45, 7) is 0. The minimum Gasteiger partial charge on any atom is -0.497 e. The molecule has 2 nitrogen and oxygen atoms in total. The average molecular weight is 472 g/mol. The minimum atomic E-state index is -0.720. The molecule has 170 valence electrons. The second-order valence-electron chi connectivity index (χ2n) is 8.09. The van der Waals surface area contributed by atoms with Crippen molar-refractivity contribution in [2.45, 2.75) is 0 Å². The Kier molecular flexibility index (Phi) is 7.13. The predicted molar refractivity (Wildman–Crippen MR) is 150 cm³/mol. The first-order valence-electron chi connectivity index (χ1n) is 11.6. The minimum absolute atomic E-state index is 0.720. The SMILES string of the molecule is COc1ccc(C=Cc2cnccc2-c2ccccc2P(c2ccccc2)c2ccccc2)cc1. The van der Waals surface area contributed by atoms with Crippen LogP contribution in [0.4, 0.5) is 0 Å². The maximum absolute atomic E-state index is 5.29. The van der Waals surface area contributed by atoms with E-state index in [-0.39, 0.29) is 0 Å². The molecule has 0 aliphatic rings. The average Bonchev–Trinajstić information content (AvgIpc) is 2.94. The van der Waals surface area contributed by atoms with Crippen molar-refractivity contribution in [1.29, 1.82) is 0 Å². The van der Waals surface area contributed by atoms with Gasteiger partial charge in [0.05, 0.1) is 7.11 Å². The molecule has 5 rings (SSSR count). The molecule has 0 aliphatic heterocycles. The lowest BCUT2D eigenvalue weighted by molar-refractivity contribution is 0.415. The van der Waals surface area contributed by atoms with Crippen molar-refractivity contribution < 1.29 is 4.74 Å². The lowest BCUT2D eigenvalue weighted by Crippen LogP contribution is -2.22. The van der Waals surface area contributed by atoms with E-state index in [4.69, 9.17) is 4.74 Å². The van der Waals surface area contributed by atoms with Crippen LogP contribution in [-0.4, -0.2) is 12.1 Å². The second kappa shape index (κ2) is 11.0. The number of pyridine rings is 1. The van der Waals surface area contributed by atoms with Crippen molar-refractivity contribution in [3.63, 3.8) is 0 Å². The smallest absolute Gasteiger partial charge is 0.118 e. The van der Waals surface area contributed by atoms with Crippen LogP contribution in [0.3, 0.4) is 0 Å². The van der Waals surface area contributed by atoms with Gasteiger partial charge in [0.2, 0.25) is 0 Å². The Bertz CT molecular complexity index is 1370. The van der Waals surface area contributed by atoms with Gasteiger partial charge in [-0.25, -0.2) is 0 Å². The maximum atomic E-state index is 5.29. The Labute approximate surface area is 208 Å². The zero-order valence-corrected chi connectivity index (χ0v) is 20.5. The van der Waals surface area contributed by atoms with Gasteiger partial charge in [-0.1, -0.05) is 109 Å². The van der Waals surface area contributed by atoms with Crippen LogP contribution in [0.1, 0.15) is 11.1 Å². The van der Waals surface area contributed by atoms with Crippen LogP contribution < -0.4 is 20.7 Å². The van der Waals surface area contributed by atoms with Crippen LogP contribution in [0.2, 0.25) is 0 Å². The first-order valence-corrected chi connectivity index (χ1v) is 12.9. The normalized spacial score (nSPS) is 11.1. The first-order chi connectivity index (χ1) is 17.3. The molecule has 35 heavy (non-hydrogen) atoms. The van der Waals surface area contributed by atoms with Gasteiger partial charge < -0.3 is 4.74 Å². The van der Waals surface area contributed by atoms with Crippen molar-refractivity contribution in [3.05, 3.63) is 139 Å². The van der Waals surface area contributed by atoms with E-state index in [9.17, 15) is 0 Å². The summed E-state index contributed by atoms with van der Waals surface area (Å²) in [5.41, 5.74) is 4.62. The Morgan fingerprint density at radius 2 is 1.26 bits per heavy atom. The molecular weight excluding hydrogens is 445 g/mol. The van der Waals surface area contributed by atoms with E-state index in [0.717, 1.165) is 16.9 Å². The summed E-state index contributed by atoms with van der Waals surface area (Å²) >= 11 is 0. The van der Waals surface area contributed by atoms with Crippen molar-refractivity contribution >= 4 is 36.0 Å². The summed E-state index contributed by atoms with van der Waals surface area (Å²) in [6.07, 6.45) is 8.09. The Morgan fingerprint density at radius 1 is 0.629 bits per heavy atom. The van der Waals surface area contributed by atoms with E-state index in [1.165, 1.54) is 27.0 Å². The number of methoxy groups -OCH3 is 1. The van der Waals surface area contributed by atoms with Crippen LogP contribution in [0.25, 0.3) is 23.3 Å². The van der Waals surface area contributed by atoms with Crippen molar-refractivity contribution in [2.75, 3.05) is 7.11 Å². The van der Waals surface area contributed by atoms with Gasteiger partial charge in [0, 0.05) is 18.0 Å². The van der Waals surface area contributed by atoms with Crippen LogP contribution in [0, 0.1) is 0 Å². The molecule has 0 N–H and O–H groups in total. The van der Waals surface area contributed by atoms with Crippen LogP contribution in [0.5, 0.6) is 5.75 Å². The van der Waals surface area contributed by atoms with Crippen molar-refractivity contribution in [2.24, 2.45) is 0 Å². The van der Waals surface area contributed by atoms with E-state index < -0.39 is 7.92 Å². The number of hydrogen-bond acceptors (Lipinski definition) is 2. The number of nitrogens with zero attached hydrogens (tertiary/aromatic N) is 1. The van der Waals surface area contributed by atoms with E-state index in [0.29, 0.717) is 0 Å². The Hall–Kier alpha value is -4.00. The fraction of sp³-hybridized carbons (Fsp3) is 0.0312. The molecule has 0 aliphatic carbocycles. The van der Waals surface area contributed by atoms with Gasteiger partial charge in [0.1, 0.15) is 5.75 Å². The fourth-order valence-electron chi connectivity index (χ4n) is 4.16. The molecule has 0 bridgehead atoms. The van der Waals surface area contributed by atoms with Gasteiger partial charge in [0.15, 0.2) is 0 Å². The number of ether oxygens (including phenoxy) is 1. The summed E-state index contributed by atoms with van der Waals surface area (Å²) in [7, 11) is 0.964. The van der Waals surface area contributed by atoms with E-state index in [1.54, 1.807) is 7.11 Å². The fourth-order valence-corrected chi connectivity index (χ4v) is 6.63. The molecule has 0 spiro atoms. The maximum Gasteiger partial charge on any atom is 0.118 e. The summed E-state index contributed by atoms with van der Waals surface area (Å²) in [4.78, 5) is 4.44. The molecule has 0 fully saturated rings. The van der Waals surface area contributed by atoms with Gasteiger partial charge in [-0.05, 0) is 58.7 Å². The number of aromatic nitrogens is 1. The standard InChI is InChI=1S/C32H26NOP/c1-34-27-20-17-25(18-21-27)16-19-26-24-33-23-22-30(26)31-14-8-9-15-32(31)35(28-10-4-2-5-11-28)29-12-6-3-7-13-29/h2-24H,1H3. The van der Waals surface area contributed by atoms with E-state index in [1.807, 2.05) is 24.5 Å². The largest absolute Gasteiger partial charge is 0.497 e. The van der Waals surface area contributed by atoms with Gasteiger partial charge >= 0.3 is 0 Å². The molecule has 0 unspecified atom stereocenters. The Balaban J connectivity index is 1.60. The highest BCUT2D eigenvalue weighted by Crippen LogP contribution is 2.38. The third kappa shape index (κ3) is 5.24. The van der Waals surface area contributed by atoms with Gasteiger partial charge in [-0.2, -0.15) is 0 Å². The van der Waals surface area contributed by atoms with Crippen LogP contribution in [-0.2, 0) is 0 Å². The van der Waals surface area contributed by atoms with Crippen LogP contribution >= 0.6 is 7.92 Å². The molecule has 0 saturated carbocycles. The molecule has 4 aromatic carbocycles. The number of hydrogen-bond donors (Lipinski definition) is 0. The van der Waals surface area contributed by atoms with Crippen molar-refractivity contribution in [3.8, 4) is 16.9 Å². The topological polar surface area (TPSA) is 22.1 Å². The molecule has 1 heterocycles. The summed E-state index contributed by atoms with van der Waals surface area (Å²) in [5.74, 6) is 0.855. The number of rotatable bonds is 7. The highest BCUT2D eigenvalue weighted by Gasteiger charge is 2.20. The molecular formula is C32H26NOP. The summed E-state index contributed by atoms with van der Waals surface area (Å²) in [6, 6.07) is 40.6. The molecule has 5 aromatic rings. The molecule has 0 atom stereocenters. The van der Waals surface area contributed by atoms with Gasteiger partial charge in [-0.3, -0.25) is 4.98 Å². The lowest BCUT2D eigenvalue weighted by Gasteiger charge is -2.23. The molecule has 0 amide bonds. The lowest BCUT2D eigenvalue weighted by atomic mass is 10.0. The second-order valence-corrected chi connectivity index (χ2v) is 10.3. The van der Waals surface area contributed by atoms with Crippen LogP contribution in [0.15, 0.2) is 128 Å². The van der Waals surface area contributed by atoms with E-state index in [2.05, 4.69) is 120 Å². The van der Waals surface area contributed by atoms with Gasteiger partial charge in [-0.15, -0.1) is 0 Å². The molecule has 0 radical (unpaired) electrons. The van der Waals surface area contributed by atoms with Crippen molar-refractivity contribution in [1.82, 2.24) is 4.98 Å². The van der Waals surface area contributed by atoms with Gasteiger partial charge in [0.25, 0.3) is 0 Å². The third-order valence-electron chi connectivity index (χ3n) is 5.89.